The summed E-state index contributed by atoms with van der Waals surface area (Å²) in [6, 6.07) is 12.9. The maximum absolute atomic E-state index is 12.9. The van der Waals surface area contributed by atoms with Gasteiger partial charge in [-0.05, 0) is 30.3 Å². The van der Waals surface area contributed by atoms with Crippen LogP contribution >= 0.6 is 15.9 Å². The van der Waals surface area contributed by atoms with Crippen LogP contribution in [0.15, 0.2) is 53.0 Å². The summed E-state index contributed by atoms with van der Waals surface area (Å²) in [6.07, 6.45) is 0. The Bertz CT molecular complexity index is 633. The summed E-state index contributed by atoms with van der Waals surface area (Å²) in [7, 11) is 0. The van der Waals surface area contributed by atoms with Crippen LogP contribution in [0.3, 0.4) is 0 Å². The molecule has 2 aromatic carbocycles. The van der Waals surface area contributed by atoms with Crippen LogP contribution in [-0.2, 0) is 9.53 Å². The Morgan fingerprint density at radius 3 is 2.45 bits per heavy atom. The Kier molecular flexibility index (Phi) is 6.21. The highest BCUT2D eigenvalue weighted by Crippen LogP contribution is 2.17. The van der Waals surface area contributed by atoms with Gasteiger partial charge in [-0.1, -0.05) is 28.1 Å². The van der Waals surface area contributed by atoms with Gasteiger partial charge in [-0.2, -0.15) is 0 Å². The molecule has 22 heavy (non-hydrogen) atoms. The van der Waals surface area contributed by atoms with Crippen molar-refractivity contribution in [3.63, 3.8) is 0 Å². The van der Waals surface area contributed by atoms with Gasteiger partial charge in [-0.25, -0.2) is 9.18 Å². The van der Waals surface area contributed by atoms with Crippen molar-refractivity contribution in [2.24, 2.45) is 0 Å². The second-order valence-electron chi connectivity index (χ2n) is 4.27. The minimum absolute atomic E-state index is 0.109. The molecule has 0 spiro atoms. The van der Waals surface area contributed by atoms with Crippen LogP contribution in [0.5, 0.6) is 11.5 Å². The molecule has 0 heterocycles. The molecule has 0 atom stereocenters. The molecule has 0 aliphatic carbocycles. The van der Waals surface area contributed by atoms with E-state index < -0.39 is 11.8 Å². The van der Waals surface area contributed by atoms with E-state index in [-0.39, 0.29) is 25.6 Å². The molecular formula is C16H14BrFO4. The van der Waals surface area contributed by atoms with Crippen LogP contribution in [0.1, 0.15) is 0 Å². The van der Waals surface area contributed by atoms with Gasteiger partial charge in [0.05, 0.1) is 0 Å². The Balaban J connectivity index is 1.63. The zero-order valence-electron chi connectivity index (χ0n) is 11.6. The third-order valence-electron chi connectivity index (χ3n) is 2.56. The highest BCUT2D eigenvalue weighted by atomic mass is 79.9. The maximum Gasteiger partial charge on any atom is 0.344 e. The summed E-state index contributed by atoms with van der Waals surface area (Å²) < 4.78 is 29.3. The number of rotatable bonds is 7. The molecule has 4 nitrogen and oxygen atoms in total. The molecule has 0 bridgehead atoms. The topological polar surface area (TPSA) is 44.8 Å². The van der Waals surface area contributed by atoms with Gasteiger partial charge in [-0.15, -0.1) is 0 Å². The fraction of sp³-hybridized carbons (Fsp3) is 0.188. The van der Waals surface area contributed by atoms with Crippen molar-refractivity contribution >= 4 is 21.9 Å². The molecule has 2 aromatic rings. The molecule has 0 fully saturated rings. The molecule has 6 heteroatoms. The summed E-state index contributed by atoms with van der Waals surface area (Å²) in [5, 5.41) is 0. The molecule has 0 N–H and O–H groups in total. The minimum atomic E-state index is -0.540. The van der Waals surface area contributed by atoms with E-state index in [1.165, 1.54) is 18.2 Å². The number of carbonyl (C=O) groups excluding carboxylic acids is 1. The van der Waals surface area contributed by atoms with Crippen molar-refractivity contribution in [2.75, 3.05) is 19.8 Å². The third kappa shape index (κ3) is 5.73. The van der Waals surface area contributed by atoms with Gasteiger partial charge in [0.2, 0.25) is 0 Å². The third-order valence-corrected chi connectivity index (χ3v) is 3.06. The van der Waals surface area contributed by atoms with Crippen LogP contribution in [-0.4, -0.2) is 25.8 Å². The van der Waals surface area contributed by atoms with Crippen LogP contribution < -0.4 is 9.47 Å². The lowest BCUT2D eigenvalue weighted by Crippen LogP contribution is -2.18. The largest absolute Gasteiger partial charge is 0.490 e. The van der Waals surface area contributed by atoms with Gasteiger partial charge < -0.3 is 14.2 Å². The molecular weight excluding hydrogens is 355 g/mol. The van der Waals surface area contributed by atoms with E-state index in [1.54, 1.807) is 12.1 Å². The van der Waals surface area contributed by atoms with E-state index in [9.17, 15) is 9.18 Å². The van der Waals surface area contributed by atoms with Gasteiger partial charge in [0, 0.05) is 10.5 Å². The van der Waals surface area contributed by atoms with Crippen molar-refractivity contribution in [1.82, 2.24) is 0 Å². The molecule has 0 aliphatic rings. The first-order chi connectivity index (χ1) is 10.6. The second-order valence-corrected chi connectivity index (χ2v) is 5.19. The first-order valence-corrected chi connectivity index (χ1v) is 7.35. The van der Waals surface area contributed by atoms with Gasteiger partial charge >= 0.3 is 5.97 Å². The zero-order valence-corrected chi connectivity index (χ0v) is 13.2. The molecule has 0 aromatic heterocycles. The number of carbonyl (C=O) groups is 1. The average molecular weight is 369 g/mol. The number of hydrogen-bond acceptors (Lipinski definition) is 4. The Morgan fingerprint density at radius 2 is 1.73 bits per heavy atom. The maximum atomic E-state index is 12.9. The average Bonchev–Trinajstić information content (AvgIpc) is 2.50. The van der Waals surface area contributed by atoms with Gasteiger partial charge in [0.15, 0.2) is 6.61 Å². The van der Waals surface area contributed by atoms with Gasteiger partial charge in [0.25, 0.3) is 0 Å². The molecule has 0 saturated carbocycles. The number of esters is 1. The standard InChI is InChI=1S/C16H14BrFO4/c17-12-3-1-5-14(9-12)20-7-8-21-16(19)11-22-15-6-2-4-13(18)10-15/h1-6,9-10H,7-8,11H2. The van der Waals surface area contributed by atoms with E-state index in [4.69, 9.17) is 14.2 Å². The lowest BCUT2D eigenvalue weighted by molar-refractivity contribution is -0.146. The molecule has 116 valence electrons. The molecule has 0 saturated heterocycles. The molecule has 0 unspecified atom stereocenters. The lowest BCUT2D eigenvalue weighted by atomic mass is 10.3. The lowest BCUT2D eigenvalue weighted by Gasteiger charge is -2.08. The Morgan fingerprint density at radius 1 is 1.00 bits per heavy atom. The van der Waals surface area contributed by atoms with E-state index in [0.717, 1.165) is 4.47 Å². The van der Waals surface area contributed by atoms with Crippen LogP contribution in [0.2, 0.25) is 0 Å². The molecule has 0 amide bonds. The van der Waals surface area contributed by atoms with Gasteiger partial charge in [0.1, 0.15) is 30.5 Å². The fourth-order valence-electron chi connectivity index (χ4n) is 1.61. The first-order valence-electron chi connectivity index (χ1n) is 6.56. The quantitative estimate of drug-likeness (QED) is 0.553. The van der Waals surface area contributed by atoms with Crippen LogP contribution in [0.4, 0.5) is 4.39 Å². The highest BCUT2D eigenvalue weighted by molar-refractivity contribution is 9.10. The van der Waals surface area contributed by atoms with Crippen molar-refractivity contribution in [3.05, 3.63) is 58.8 Å². The summed E-state index contributed by atoms with van der Waals surface area (Å²) >= 11 is 3.33. The van der Waals surface area contributed by atoms with Crippen molar-refractivity contribution in [2.45, 2.75) is 0 Å². The number of benzene rings is 2. The SMILES string of the molecule is O=C(COc1cccc(F)c1)OCCOc1cccc(Br)c1. The first kappa shape index (κ1) is 16.3. The van der Waals surface area contributed by atoms with Crippen molar-refractivity contribution < 1.29 is 23.4 Å². The van der Waals surface area contributed by atoms with E-state index in [1.807, 2.05) is 18.2 Å². The highest BCUT2D eigenvalue weighted by Gasteiger charge is 2.05. The monoisotopic (exact) mass is 368 g/mol. The normalized spacial score (nSPS) is 10.1. The van der Waals surface area contributed by atoms with E-state index in [2.05, 4.69) is 15.9 Å². The minimum Gasteiger partial charge on any atom is -0.490 e. The van der Waals surface area contributed by atoms with Gasteiger partial charge in [-0.3, -0.25) is 0 Å². The summed E-state index contributed by atoms with van der Waals surface area (Å²) in [5.41, 5.74) is 0. The second kappa shape index (κ2) is 8.38. The van der Waals surface area contributed by atoms with Crippen molar-refractivity contribution in [1.29, 1.82) is 0 Å². The summed E-state index contributed by atoms with van der Waals surface area (Å²) in [5.74, 6) is -0.000775. The zero-order chi connectivity index (χ0) is 15.8. The summed E-state index contributed by atoms with van der Waals surface area (Å²) in [6.45, 7) is 0.0698. The predicted molar refractivity (Wildman–Crippen MR) is 82.5 cm³/mol. The number of ether oxygens (including phenoxy) is 3. The van der Waals surface area contributed by atoms with E-state index >= 15 is 0 Å². The predicted octanol–water partition coefficient (Wildman–Crippen LogP) is 3.59. The molecule has 2 rings (SSSR count). The number of halogens is 2. The Labute approximate surface area is 135 Å². The molecule has 0 aliphatic heterocycles. The van der Waals surface area contributed by atoms with Crippen molar-refractivity contribution in [3.8, 4) is 11.5 Å². The fourth-order valence-corrected chi connectivity index (χ4v) is 1.99. The van der Waals surface area contributed by atoms with E-state index in [0.29, 0.717) is 5.75 Å². The number of hydrogen-bond donors (Lipinski definition) is 0. The van der Waals surface area contributed by atoms with Crippen LogP contribution in [0, 0.1) is 5.82 Å². The summed E-state index contributed by atoms with van der Waals surface area (Å²) in [4.78, 5) is 11.5. The van der Waals surface area contributed by atoms with Crippen LogP contribution in [0.25, 0.3) is 0 Å². The molecule has 0 radical (unpaired) electrons. The Hall–Kier alpha value is -2.08. The smallest absolute Gasteiger partial charge is 0.344 e.